The van der Waals surface area contributed by atoms with Crippen molar-refractivity contribution < 1.29 is 18.8 Å². The topological polar surface area (TPSA) is 81.5 Å². The van der Waals surface area contributed by atoms with Gasteiger partial charge in [-0.1, -0.05) is 11.6 Å². The number of rotatable bonds is 5. The minimum absolute atomic E-state index is 0.0498. The van der Waals surface area contributed by atoms with Crippen molar-refractivity contribution in [3.63, 3.8) is 0 Å². The molecule has 0 bridgehead atoms. The standard InChI is InChI=1S/C15H12ClFN2O4/c1-23-15(20)9-2-4-13(17)10(6-9)8-18-14-5-3-11(19(21)22)7-12(14)16/h2-7,18H,8H2,1H3. The molecule has 0 radical (unpaired) electrons. The molecule has 0 aliphatic rings. The van der Waals surface area contributed by atoms with Crippen LogP contribution in [-0.2, 0) is 11.3 Å². The maximum absolute atomic E-state index is 13.8. The van der Waals surface area contributed by atoms with Crippen molar-refractivity contribution in [3.8, 4) is 0 Å². The van der Waals surface area contributed by atoms with E-state index in [-0.39, 0.29) is 28.4 Å². The summed E-state index contributed by atoms with van der Waals surface area (Å²) in [5.74, 6) is -1.07. The molecule has 0 fully saturated rings. The number of nitrogens with zero attached hydrogens (tertiary/aromatic N) is 1. The van der Waals surface area contributed by atoms with Crippen molar-refractivity contribution in [2.75, 3.05) is 12.4 Å². The van der Waals surface area contributed by atoms with Crippen LogP contribution in [0.25, 0.3) is 0 Å². The molecule has 23 heavy (non-hydrogen) atoms. The largest absolute Gasteiger partial charge is 0.465 e. The van der Waals surface area contributed by atoms with Crippen LogP contribution in [0.5, 0.6) is 0 Å². The van der Waals surface area contributed by atoms with E-state index in [1.165, 1.54) is 43.5 Å². The van der Waals surface area contributed by atoms with Gasteiger partial charge >= 0.3 is 5.97 Å². The van der Waals surface area contributed by atoms with E-state index in [2.05, 4.69) is 10.1 Å². The zero-order chi connectivity index (χ0) is 17.0. The van der Waals surface area contributed by atoms with E-state index in [0.29, 0.717) is 5.69 Å². The van der Waals surface area contributed by atoms with Crippen molar-refractivity contribution in [2.24, 2.45) is 0 Å². The number of hydrogen-bond acceptors (Lipinski definition) is 5. The summed E-state index contributed by atoms with van der Waals surface area (Å²) in [6, 6.07) is 7.78. The minimum Gasteiger partial charge on any atom is -0.465 e. The molecular weight excluding hydrogens is 327 g/mol. The van der Waals surface area contributed by atoms with Crippen molar-refractivity contribution >= 4 is 28.9 Å². The summed E-state index contributed by atoms with van der Waals surface area (Å²) in [4.78, 5) is 21.5. The highest BCUT2D eigenvalue weighted by Gasteiger charge is 2.12. The number of benzene rings is 2. The van der Waals surface area contributed by atoms with Crippen LogP contribution in [0.4, 0.5) is 15.8 Å². The number of methoxy groups -OCH3 is 1. The Morgan fingerprint density at radius 2 is 2.09 bits per heavy atom. The first-order valence-electron chi connectivity index (χ1n) is 6.47. The third-order valence-electron chi connectivity index (χ3n) is 3.10. The number of nitrogens with one attached hydrogen (secondary N) is 1. The highest BCUT2D eigenvalue weighted by Crippen LogP contribution is 2.27. The van der Waals surface area contributed by atoms with E-state index < -0.39 is 16.7 Å². The molecule has 120 valence electrons. The number of esters is 1. The smallest absolute Gasteiger partial charge is 0.337 e. The Morgan fingerprint density at radius 1 is 1.35 bits per heavy atom. The van der Waals surface area contributed by atoms with Gasteiger partial charge in [0.15, 0.2) is 0 Å². The summed E-state index contributed by atoms with van der Waals surface area (Å²) in [7, 11) is 1.24. The first-order chi connectivity index (χ1) is 10.9. The predicted octanol–water partition coefficient (Wildman–Crippen LogP) is 3.79. The molecule has 0 atom stereocenters. The fourth-order valence-electron chi connectivity index (χ4n) is 1.91. The molecule has 2 aromatic carbocycles. The molecule has 0 unspecified atom stereocenters. The van der Waals surface area contributed by atoms with Crippen LogP contribution in [0.2, 0.25) is 5.02 Å². The van der Waals surface area contributed by atoms with Gasteiger partial charge in [-0.25, -0.2) is 9.18 Å². The molecule has 0 spiro atoms. The fourth-order valence-corrected chi connectivity index (χ4v) is 2.15. The zero-order valence-electron chi connectivity index (χ0n) is 12.0. The monoisotopic (exact) mass is 338 g/mol. The van der Waals surface area contributed by atoms with E-state index >= 15 is 0 Å². The van der Waals surface area contributed by atoms with Crippen LogP contribution in [0.15, 0.2) is 36.4 Å². The lowest BCUT2D eigenvalue weighted by Gasteiger charge is -2.10. The molecule has 0 saturated heterocycles. The third-order valence-corrected chi connectivity index (χ3v) is 3.41. The molecule has 1 N–H and O–H groups in total. The van der Waals surface area contributed by atoms with Crippen LogP contribution in [0, 0.1) is 15.9 Å². The lowest BCUT2D eigenvalue weighted by Crippen LogP contribution is -2.06. The maximum atomic E-state index is 13.8. The number of ether oxygens (including phenoxy) is 1. The van der Waals surface area contributed by atoms with Crippen molar-refractivity contribution in [1.29, 1.82) is 0 Å². The van der Waals surface area contributed by atoms with Gasteiger partial charge in [-0.2, -0.15) is 0 Å². The Morgan fingerprint density at radius 3 is 2.70 bits per heavy atom. The number of hydrogen-bond donors (Lipinski definition) is 1. The average molecular weight is 339 g/mol. The zero-order valence-corrected chi connectivity index (χ0v) is 12.8. The second-order valence-electron chi connectivity index (χ2n) is 4.57. The van der Waals surface area contributed by atoms with Gasteiger partial charge in [-0.05, 0) is 24.3 Å². The summed E-state index contributed by atoms with van der Waals surface area (Å²) in [5.41, 5.74) is 0.738. The van der Waals surface area contributed by atoms with E-state index in [0.717, 1.165) is 0 Å². The first-order valence-corrected chi connectivity index (χ1v) is 6.84. The van der Waals surface area contributed by atoms with Crippen LogP contribution >= 0.6 is 11.6 Å². The quantitative estimate of drug-likeness (QED) is 0.509. The van der Waals surface area contributed by atoms with E-state index in [1.807, 2.05) is 0 Å². The minimum atomic E-state index is -0.570. The Hall–Kier alpha value is -2.67. The summed E-state index contributed by atoms with van der Waals surface area (Å²) >= 11 is 5.95. The van der Waals surface area contributed by atoms with Crippen LogP contribution in [0.3, 0.4) is 0 Å². The molecule has 2 rings (SSSR count). The highest BCUT2D eigenvalue weighted by molar-refractivity contribution is 6.33. The number of carbonyl (C=O) groups is 1. The van der Waals surface area contributed by atoms with Gasteiger partial charge < -0.3 is 10.1 Å². The summed E-state index contributed by atoms with van der Waals surface area (Å²) < 4.78 is 18.4. The maximum Gasteiger partial charge on any atom is 0.337 e. The normalized spacial score (nSPS) is 10.2. The van der Waals surface area contributed by atoms with Crippen LogP contribution in [-0.4, -0.2) is 18.0 Å². The van der Waals surface area contributed by atoms with Crippen molar-refractivity contribution in [2.45, 2.75) is 6.54 Å². The molecule has 0 aliphatic carbocycles. The number of nitro groups is 1. The second kappa shape index (κ2) is 7.06. The van der Waals surface area contributed by atoms with Gasteiger partial charge in [0.25, 0.3) is 5.69 Å². The van der Waals surface area contributed by atoms with Gasteiger partial charge in [0.1, 0.15) is 5.82 Å². The fraction of sp³-hybridized carbons (Fsp3) is 0.133. The highest BCUT2D eigenvalue weighted by atomic mass is 35.5. The number of carbonyl (C=O) groups excluding carboxylic acids is 1. The Labute approximate surface area is 136 Å². The van der Waals surface area contributed by atoms with Crippen molar-refractivity contribution in [3.05, 3.63) is 68.5 Å². The Bertz CT molecular complexity index is 767. The first kappa shape index (κ1) is 16.7. The SMILES string of the molecule is COC(=O)c1ccc(F)c(CNc2ccc([N+](=O)[O-])cc2Cl)c1. The lowest BCUT2D eigenvalue weighted by atomic mass is 10.1. The molecule has 2 aromatic rings. The van der Waals surface area contributed by atoms with Crippen LogP contribution < -0.4 is 5.32 Å². The molecule has 0 heterocycles. The number of non-ortho nitro benzene ring substituents is 1. The second-order valence-corrected chi connectivity index (χ2v) is 4.98. The number of anilines is 1. The van der Waals surface area contributed by atoms with E-state index in [1.54, 1.807) is 0 Å². The van der Waals surface area contributed by atoms with Gasteiger partial charge in [0.05, 0.1) is 28.3 Å². The van der Waals surface area contributed by atoms with Crippen molar-refractivity contribution in [1.82, 2.24) is 0 Å². The molecular formula is C15H12ClFN2O4. The number of halogens is 2. The van der Waals surface area contributed by atoms with Crippen LogP contribution in [0.1, 0.15) is 15.9 Å². The molecule has 0 aliphatic heterocycles. The summed E-state index contributed by atoms with van der Waals surface area (Å²) in [6.45, 7) is 0.0498. The predicted molar refractivity (Wildman–Crippen MR) is 83.2 cm³/mol. The molecule has 0 amide bonds. The summed E-state index contributed by atoms with van der Waals surface area (Å²) in [6.07, 6.45) is 0. The average Bonchev–Trinajstić information content (AvgIpc) is 2.54. The van der Waals surface area contributed by atoms with E-state index in [9.17, 15) is 19.3 Å². The Balaban J connectivity index is 2.17. The molecule has 0 saturated carbocycles. The molecule has 0 aromatic heterocycles. The van der Waals surface area contributed by atoms with Gasteiger partial charge in [0, 0.05) is 24.2 Å². The lowest BCUT2D eigenvalue weighted by molar-refractivity contribution is -0.384. The summed E-state index contributed by atoms with van der Waals surface area (Å²) in [5, 5.41) is 13.7. The third kappa shape index (κ3) is 3.95. The van der Waals surface area contributed by atoms with Gasteiger partial charge in [-0.15, -0.1) is 0 Å². The molecule has 8 heteroatoms. The molecule has 6 nitrogen and oxygen atoms in total. The van der Waals surface area contributed by atoms with Gasteiger partial charge in [0.2, 0.25) is 0 Å². The van der Waals surface area contributed by atoms with E-state index in [4.69, 9.17) is 11.6 Å². The Kier molecular flexibility index (Phi) is 5.13. The number of nitro benzene ring substituents is 1. The van der Waals surface area contributed by atoms with Gasteiger partial charge in [-0.3, -0.25) is 10.1 Å².